The summed E-state index contributed by atoms with van der Waals surface area (Å²) in [6.07, 6.45) is 0. The summed E-state index contributed by atoms with van der Waals surface area (Å²) in [6.45, 7) is 5.23. The van der Waals surface area contributed by atoms with Crippen molar-refractivity contribution in [3.05, 3.63) is 0 Å². The van der Waals surface area contributed by atoms with E-state index < -0.39 is 11.4 Å². The molecule has 0 N–H and O–H groups in total. The van der Waals surface area contributed by atoms with E-state index in [0.717, 1.165) is 0 Å². The van der Waals surface area contributed by atoms with Crippen molar-refractivity contribution in [1.82, 2.24) is 0 Å². The highest BCUT2D eigenvalue weighted by atomic mass is 16.5. The molecule has 0 spiro atoms. The summed E-state index contributed by atoms with van der Waals surface area (Å²) < 4.78 is 4.51. The number of carbonyl (C=O) groups excluding carboxylic acids is 1. The van der Waals surface area contributed by atoms with Crippen LogP contribution in [0.15, 0.2) is 0 Å². The van der Waals surface area contributed by atoms with Gasteiger partial charge in [0.05, 0.1) is 13.2 Å². The summed E-state index contributed by atoms with van der Waals surface area (Å²) in [5, 5.41) is 8.71. The van der Waals surface area contributed by atoms with Crippen molar-refractivity contribution in [2.75, 3.05) is 7.11 Å². The molecule has 0 aromatic rings. The van der Waals surface area contributed by atoms with Crippen molar-refractivity contribution in [3.63, 3.8) is 0 Å². The summed E-state index contributed by atoms with van der Waals surface area (Å²) in [5.74, 6) is -0.491. The van der Waals surface area contributed by atoms with Crippen LogP contribution in [-0.4, -0.2) is 13.1 Å². The van der Waals surface area contributed by atoms with E-state index in [9.17, 15) is 4.79 Å². The van der Waals surface area contributed by atoms with Gasteiger partial charge in [-0.2, -0.15) is 5.26 Å². The number of nitrogens with zero attached hydrogens (tertiary/aromatic N) is 1. The lowest BCUT2D eigenvalue weighted by Crippen LogP contribution is -2.32. The van der Waals surface area contributed by atoms with Gasteiger partial charge in [-0.05, 0) is 12.8 Å². The Balaban J connectivity index is 4.64. The Morgan fingerprint density at radius 2 is 2.09 bits per heavy atom. The highest BCUT2D eigenvalue weighted by Gasteiger charge is 2.37. The SMILES string of the molecule is COC(=O)C(C)(C#N)C(C)C. The maximum atomic E-state index is 11.1. The fraction of sp³-hybridized carbons (Fsp3) is 0.750. The molecule has 62 valence electrons. The first-order valence-corrected chi connectivity index (χ1v) is 3.48. The lowest BCUT2D eigenvalue weighted by Gasteiger charge is -2.21. The Hall–Kier alpha value is -1.04. The Morgan fingerprint density at radius 3 is 2.18 bits per heavy atom. The van der Waals surface area contributed by atoms with Crippen molar-refractivity contribution in [2.45, 2.75) is 20.8 Å². The molecule has 0 aliphatic carbocycles. The standard InChI is InChI=1S/C8H13NO2/c1-6(2)8(3,5-9)7(10)11-4/h6H,1-4H3. The zero-order valence-corrected chi connectivity index (χ0v) is 7.34. The van der Waals surface area contributed by atoms with Crippen LogP contribution in [0.5, 0.6) is 0 Å². The molecule has 0 saturated carbocycles. The van der Waals surface area contributed by atoms with Gasteiger partial charge in [-0.15, -0.1) is 0 Å². The van der Waals surface area contributed by atoms with E-state index in [0.29, 0.717) is 0 Å². The average molecular weight is 155 g/mol. The summed E-state index contributed by atoms with van der Waals surface area (Å²) in [5.41, 5.74) is -1.01. The predicted octanol–water partition coefficient (Wildman–Crippen LogP) is 1.35. The smallest absolute Gasteiger partial charge is 0.326 e. The van der Waals surface area contributed by atoms with Gasteiger partial charge in [-0.3, -0.25) is 4.79 Å². The zero-order valence-electron chi connectivity index (χ0n) is 7.34. The third-order valence-corrected chi connectivity index (χ3v) is 2.00. The van der Waals surface area contributed by atoms with Crippen LogP contribution in [-0.2, 0) is 9.53 Å². The lowest BCUT2D eigenvalue weighted by molar-refractivity contribution is -0.150. The molecule has 0 saturated heterocycles. The maximum absolute atomic E-state index is 11.1. The molecule has 0 amide bonds. The minimum atomic E-state index is -1.01. The molecule has 0 rings (SSSR count). The second-order valence-electron chi connectivity index (χ2n) is 2.96. The summed E-state index contributed by atoms with van der Waals surface area (Å²) in [4.78, 5) is 11.1. The molecule has 1 atom stereocenters. The summed E-state index contributed by atoms with van der Waals surface area (Å²) >= 11 is 0. The van der Waals surface area contributed by atoms with Gasteiger partial charge in [0.1, 0.15) is 0 Å². The Labute approximate surface area is 67.0 Å². The fourth-order valence-corrected chi connectivity index (χ4v) is 0.622. The van der Waals surface area contributed by atoms with Crippen LogP contribution in [0.25, 0.3) is 0 Å². The molecule has 0 aliphatic rings. The Kier molecular flexibility index (Phi) is 3.06. The molecule has 1 unspecified atom stereocenters. The van der Waals surface area contributed by atoms with E-state index in [-0.39, 0.29) is 5.92 Å². The van der Waals surface area contributed by atoms with E-state index in [1.54, 1.807) is 6.92 Å². The van der Waals surface area contributed by atoms with E-state index in [2.05, 4.69) is 4.74 Å². The first-order valence-electron chi connectivity index (χ1n) is 3.48. The van der Waals surface area contributed by atoms with E-state index in [1.165, 1.54) is 7.11 Å². The highest BCUT2D eigenvalue weighted by molar-refractivity contribution is 5.79. The molecule has 0 fully saturated rings. The van der Waals surface area contributed by atoms with Crippen LogP contribution < -0.4 is 0 Å². The second-order valence-corrected chi connectivity index (χ2v) is 2.96. The largest absolute Gasteiger partial charge is 0.468 e. The van der Waals surface area contributed by atoms with E-state index >= 15 is 0 Å². The molecule has 11 heavy (non-hydrogen) atoms. The monoisotopic (exact) mass is 155 g/mol. The van der Waals surface area contributed by atoms with Crippen molar-refractivity contribution in [3.8, 4) is 6.07 Å². The molecule has 3 nitrogen and oxygen atoms in total. The van der Waals surface area contributed by atoms with Crippen LogP contribution in [0.3, 0.4) is 0 Å². The number of hydrogen-bond donors (Lipinski definition) is 0. The summed E-state index contributed by atoms with van der Waals surface area (Å²) in [7, 11) is 1.29. The van der Waals surface area contributed by atoms with E-state index in [4.69, 9.17) is 5.26 Å². The fourth-order valence-electron chi connectivity index (χ4n) is 0.622. The highest BCUT2D eigenvalue weighted by Crippen LogP contribution is 2.26. The topological polar surface area (TPSA) is 50.1 Å². The molecule has 0 aliphatic heterocycles. The molecule has 0 aromatic heterocycles. The normalized spacial score (nSPS) is 15.3. The molecular weight excluding hydrogens is 142 g/mol. The maximum Gasteiger partial charge on any atom is 0.326 e. The molecule has 0 heterocycles. The van der Waals surface area contributed by atoms with Gasteiger partial charge in [-0.25, -0.2) is 0 Å². The minimum Gasteiger partial charge on any atom is -0.468 e. The van der Waals surface area contributed by atoms with Crippen molar-refractivity contribution >= 4 is 5.97 Å². The minimum absolute atomic E-state index is 0.0278. The van der Waals surface area contributed by atoms with Gasteiger partial charge in [-0.1, -0.05) is 13.8 Å². The predicted molar refractivity (Wildman–Crippen MR) is 40.6 cm³/mol. The number of ether oxygens (including phenoxy) is 1. The van der Waals surface area contributed by atoms with Crippen LogP contribution in [0.1, 0.15) is 20.8 Å². The van der Waals surface area contributed by atoms with Crippen molar-refractivity contribution < 1.29 is 9.53 Å². The second kappa shape index (κ2) is 3.38. The van der Waals surface area contributed by atoms with E-state index in [1.807, 2.05) is 19.9 Å². The van der Waals surface area contributed by atoms with Gasteiger partial charge in [0.15, 0.2) is 5.41 Å². The number of nitriles is 1. The molecule has 0 aromatic carbocycles. The Bertz CT molecular complexity index is 193. The number of carbonyl (C=O) groups is 1. The molecule has 0 radical (unpaired) electrons. The van der Waals surface area contributed by atoms with Crippen LogP contribution in [0, 0.1) is 22.7 Å². The van der Waals surface area contributed by atoms with Gasteiger partial charge < -0.3 is 4.74 Å². The molecule has 3 heteroatoms. The number of methoxy groups -OCH3 is 1. The zero-order chi connectivity index (χ0) is 9.07. The van der Waals surface area contributed by atoms with Gasteiger partial charge in [0.2, 0.25) is 0 Å². The quantitative estimate of drug-likeness (QED) is 0.565. The number of hydrogen-bond acceptors (Lipinski definition) is 3. The molecule has 0 bridgehead atoms. The third kappa shape index (κ3) is 1.70. The van der Waals surface area contributed by atoms with Gasteiger partial charge in [0, 0.05) is 0 Å². The first kappa shape index (κ1) is 9.96. The van der Waals surface area contributed by atoms with Crippen LogP contribution in [0.2, 0.25) is 0 Å². The first-order chi connectivity index (χ1) is 4.99. The Morgan fingerprint density at radius 1 is 1.64 bits per heavy atom. The van der Waals surface area contributed by atoms with Crippen molar-refractivity contribution in [1.29, 1.82) is 5.26 Å². The van der Waals surface area contributed by atoms with Crippen LogP contribution >= 0.6 is 0 Å². The average Bonchev–Trinajstić information content (AvgIpc) is 2.01. The van der Waals surface area contributed by atoms with Crippen molar-refractivity contribution in [2.24, 2.45) is 11.3 Å². The van der Waals surface area contributed by atoms with Gasteiger partial charge in [0.25, 0.3) is 0 Å². The van der Waals surface area contributed by atoms with Gasteiger partial charge >= 0.3 is 5.97 Å². The number of rotatable bonds is 2. The third-order valence-electron chi connectivity index (χ3n) is 2.00. The number of esters is 1. The molecular formula is C8H13NO2. The van der Waals surface area contributed by atoms with Crippen LogP contribution in [0.4, 0.5) is 0 Å². The summed E-state index contributed by atoms with van der Waals surface area (Å²) in [6, 6.07) is 1.95. The lowest BCUT2D eigenvalue weighted by atomic mass is 9.81.